The fourth-order valence-electron chi connectivity index (χ4n) is 1.98. The minimum absolute atomic E-state index is 0.0568. The Hall–Kier alpha value is -2.63. The average Bonchev–Trinajstić information content (AvgIpc) is 2.47. The lowest BCUT2D eigenvalue weighted by molar-refractivity contribution is -0.123. The van der Waals surface area contributed by atoms with E-state index >= 15 is 0 Å². The molecule has 1 aromatic heterocycles. The Bertz CT molecular complexity index is 815. The van der Waals surface area contributed by atoms with Gasteiger partial charge in [0.1, 0.15) is 5.56 Å². The van der Waals surface area contributed by atoms with E-state index in [4.69, 9.17) is 4.74 Å². The number of ether oxygens (including phenoxy) is 1. The van der Waals surface area contributed by atoms with Gasteiger partial charge in [-0.2, -0.15) is 0 Å². The predicted molar refractivity (Wildman–Crippen MR) is 88.6 cm³/mol. The number of carbonyl (C=O) groups excluding carboxylic acids is 2. The van der Waals surface area contributed by atoms with E-state index in [-0.39, 0.29) is 18.1 Å². The van der Waals surface area contributed by atoms with E-state index < -0.39 is 16.8 Å². The van der Waals surface area contributed by atoms with Crippen molar-refractivity contribution in [1.82, 2.24) is 4.98 Å². The molecule has 2 aromatic rings. The average molecular weight is 316 g/mol. The van der Waals surface area contributed by atoms with Crippen molar-refractivity contribution in [2.45, 2.75) is 27.7 Å². The van der Waals surface area contributed by atoms with Gasteiger partial charge >= 0.3 is 5.97 Å². The van der Waals surface area contributed by atoms with Crippen LogP contribution < -0.4 is 10.7 Å². The van der Waals surface area contributed by atoms with Crippen LogP contribution in [0.2, 0.25) is 0 Å². The van der Waals surface area contributed by atoms with E-state index in [0.717, 1.165) is 0 Å². The zero-order chi connectivity index (χ0) is 17.2. The molecule has 0 radical (unpaired) electrons. The summed E-state index contributed by atoms with van der Waals surface area (Å²) < 4.78 is 4.87. The van der Waals surface area contributed by atoms with E-state index in [1.807, 2.05) is 0 Å². The maximum Gasteiger partial charge on any atom is 0.343 e. The number of esters is 1. The summed E-state index contributed by atoms with van der Waals surface area (Å²) in [5.74, 6) is -0.824. The molecule has 122 valence electrons. The van der Waals surface area contributed by atoms with Crippen LogP contribution in [0, 0.1) is 5.41 Å². The number of nitrogens with one attached hydrogen (secondary N) is 2. The highest BCUT2D eigenvalue weighted by molar-refractivity contribution is 5.98. The van der Waals surface area contributed by atoms with Crippen LogP contribution in [-0.2, 0) is 9.53 Å². The lowest BCUT2D eigenvalue weighted by Crippen LogP contribution is -2.27. The van der Waals surface area contributed by atoms with Crippen LogP contribution >= 0.6 is 0 Å². The molecule has 23 heavy (non-hydrogen) atoms. The molecule has 0 saturated heterocycles. The van der Waals surface area contributed by atoms with Crippen molar-refractivity contribution in [2.24, 2.45) is 5.41 Å². The van der Waals surface area contributed by atoms with Gasteiger partial charge < -0.3 is 15.0 Å². The van der Waals surface area contributed by atoms with E-state index in [1.54, 1.807) is 45.9 Å². The van der Waals surface area contributed by atoms with Gasteiger partial charge in [0.2, 0.25) is 11.3 Å². The smallest absolute Gasteiger partial charge is 0.343 e. The molecule has 1 amide bonds. The highest BCUT2D eigenvalue weighted by Crippen LogP contribution is 2.20. The molecule has 2 N–H and O–H groups in total. The van der Waals surface area contributed by atoms with Crippen LogP contribution in [0.25, 0.3) is 10.9 Å². The second-order valence-corrected chi connectivity index (χ2v) is 6.22. The largest absolute Gasteiger partial charge is 0.462 e. The first-order valence-corrected chi connectivity index (χ1v) is 7.38. The molecule has 0 bridgehead atoms. The number of carbonyl (C=O) groups is 2. The second-order valence-electron chi connectivity index (χ2n) is 6.22. The van der Waals surface area contributed by atoms with Crippen molar-refractivity contribution in [1.29, 1.82) is 0 Å². The summed E-state index contributed by atoms with van der Waals surface area (Å²) in [6, 6.07) is 4.94. The molecule has 0 spiro atoms. The number of aromatic nitrogens is 1. The maximum absolute atomic E-state index is 12.4. The van der Waals surface area contributed by atoms with Crippen molar-refractivity contribution in [3.8, 4) is 0 Å². The van der Waals surface area contributed by atoms with Crippen molar-refractivity contribution >= 4 is 28.5 Å². The number of H-pyrrole nitrogens is 1. The van der Waals surface area contributed by atoms with Gasteiger partial charge in [0.25, 0.3) is 0 Å². The lowest BCUT2D eigenvalue weighted by atomic mass is 9.95. The molecule has 6 nitrogen and oxygen atoms in total. The number of amides is 1. The first kappa shape index (κ1) is 16.7. The van der Waals surface area contributed by atoms with Crippen LogP contribution in [0.3, 0.4) is 0 Å². The second kappa shape index (κ2) is 6.24. The quantitative estimate of drug-likeness (QED) is 0.852. The molecule has 0 saturated carbocycles. The number of pyridine rings is 1. The minimum Gasteiger partial charge on any atom is -0.462 e. The Morgan fingerprint density at radius 3 is 2.57 bits per heavy atom. The number of aromatic amines is 1. The van der Waals surface area contributed by atoms with Crippen LogP contribution in [0.1, 0.15) is 38.1 Å². The number of anilines is 1. The molecular formula is C17H20N2O4. The fourth-order valence-corrected chi connectivity index (χ4v) is 1.98. The third-order valence-corrected chi connectivity index (χ3v) is 3.32. The van der Waals surface area contributed by atoms with Crippen LogP contribution in [0.4, 0.5) is 5.69 Å². The SMILES string of the molecule is CCOC(=O)c1c[nH]c2ccc(NC(=O)C(C)(C)C)cc2c1=O. The Morgan fingerprint density at radius 1 is 1.26 bits per heavy atom. The molecular weight excluding hydrogens is 296 g/mol. The van der Waals surface area contributed by atoms with E-state index in [0.29, 0.717) is 16.6 Å². The molecule has 0 aliphatic rings. The molecule has 0 aliphatic heterocycles. The first-order chi connectivity index (χ1) is 10.7. The van der Waals surface area contributed by atoms with Gasteiger partial charge in [0.05, 0.1) is 6.61 Å². The van der Waals surface area contributed by atoms with Crippen molar-refractivity contribution in [2.75, 3.05) is 11.9 Å². The summed E-state index contributed by atoms with van der Waals surface area (Å²) in [7, 11) is 0. The predicted octanol–water partition coefficient (Wildman–Crippen LogP) is 2.69. The molecule has 0 unspecified atom stereocenters. The molecule has 1 heterocycles. The maximum atomic E-state index is 12.4. The highest BCUT2D eigenvalue weighted by Gasteiger charge is 2.21. The van der Waals surface area contributed by atoms with E-state index in [1.165, 1.54) is 6.20 Å². The van der Waals surface area contributed by atoms with E-state index in [9.17, 15) is 14.4 Å². The van der Waals surface area contributed by atoms with Crippen LogP contribution in [0.15, 0.2) is 29.2 Å². The van der Waals surface area contributed by atoms with Crippen molar-refractivity contribution in [3.05, 3.63) is 40.2 Å². The Morgan fingerprint density at radius 2 is 1.96 bits per heavy atom. The van der Waals surface area contributed by atoms with Gasteiger partial charge in [-0.3, -0.25) is 9.59 Å². The standard InChI is InChI=1S/C17H20N2O4/c1-5-23-15(21)12-9-18-13-7-6-10(8-11(13)14(12)20)19-16(22)17(2,3)4/h6-9H,5H2,1-4H3,(H,18,20)(H,19,22). The van der Waals surface area contributed by atoms with E-state index in [2.05, 4.69) is 10.3 Å². The number of benzene rings is 1. The third-order valence-electron chi connectivity index (χ3n) is 3.32. The monoisotopic (exact) mass is 316 g/mol. The number of hydrogen-bond donors (Lipinski definition) is 2. The van der Waals surface area contributed by atoms with Gasteiger partial charge in [-0.05, 0) is 25.1 Å². The van der Waals surface area contributed by atoms with Gasteiger partial charge in [0.15, 0.2) is 0 Å². The van der Waals surface area contributed by atoms with Gasteiger partial charge in [-0.15, -0.1) is 0 Å². The normalized spacial score (nSPS) is 11.3. The summed E-state index contributed by atoms with van der Waals surface area (Å²) in [6.45, 7) is 7.27. The Balaban J connectivity index is 2.45. The summed E-state index contributed by atoms with van der Waals surface area (Å²) >= 11 is 0. The third kappa shape index (κ3) is 3.59. The summed E-state index contributed by atoms with van der Waals surface area (Å²) in [5.41, 5.74) is 0.0529. The molecule has 0 atom stereocenters. The van der Waals surface area contributed by atoms with Crippen LogP contribution in [0.5, 0.6) is 0 Å². The van der Waals surface area contributed by atoms with Gasteiger partial charge in [-0.1, -0.05) is 20.8 Å². The molecule has 0 aliphatic carbocycles. The number of fused-ring (bicyclic) bond motifs is 1. The minimum atomic E-state index is -0.667. The topological polar surface area (TPSA) is 88.3 Å². The molecule has 0 fully saturated rings. The lowest BCUT2D eigenvalue weighted by Gasteiger charge is -2.17. The van der Waals surface area contributed by atoms with Gasteiger partial charge in [-0.25, -0.2) is 4.79 Å². The summed E-state index contributed by atoms with van der Waals surface area (Å²) in [4.78, 5) is 39.2. The zero-order valence-electron chi connectivity index (χ0n) is 13.6. The fraction of sp³-hybridized carbons (Fsp3) is 0.353. The first-order valence-electron chi connectivity index (χ1n) is 7.38. The molecule has 6 heteroatoms. The zero-order valence-corrected chi connectivity index (χ0v) is 13.6. The molecule has 2 rings (SSSR count). The Labute approximate surface area is 133 Å². The van der Waals surface area contributed by atoms with Crippen molar-refractivity contribution < 1.29 is 14.3 Å². The number of rotatable bonds is 3. The molecule has 1 aromatic carbocycles. The number of hydrogen-bond acceptors (Lipinski definition) is 4. The summed E-state index contributed by atoms with van der Waals surface area (Å²) in [5, 5.41) is 3.09. The Kier molecular flexibility index (Phi) is 4.54. The summed E-state index contributed by atoms with van der Waals surface area (Å²) in [6.07, 6.45) is 1.34. The van der Waals surface area contributed by atoms with Crippen molar-refractivity contribution in [3.63, 3.8) is 0 Å². The van der Waals surface area contributed by atoms with Gasteiger partial charge in [0, 0.05) is 28.2 Å². The highest BCUT2D eigenvalue weighted by atomic mass is 16.5. The van der Waals surface area contributed by atoms with Crippen LogP contribution in [-0.4, -0.2) is 23.5 Å².